The lowest BCUT2D eigenvalue weighted by molar-refractivity contribution is -0.0473. The van der Waals surface area contributed by atoms with Crippen LogP contribution in [0.2, 0.25) is 118 Å². The van der Waals surface area contributed by atoms with Crippen molar-refractivity contribution in [3.05, 3.63) is 6.33 Å². The first kappa shape index (κ1) is 41.9. The van der Waals surface area contributed by atoms with E-state index in [-0.39, 0.29) is 6.61 Å². The van der Waals surface area contributed by atoms with E-state index in [4.69, 9.17) is 45.9 Å². The maximum atomic E-state index is 14.1. The molecule has 0 spiro atoms. The number of hydrogen-bond acceptors (Lipinski definition) is 12. The number of ether oxygens (including phenoxy) is 1. The van der Waals surface area contributed by atoms with E-state index in [9.17, 15) is 4.57 Å². The standard InChI is InChI=1S/C28H62N5O8PSi6/c1-43(2,3)32-28-30-25-22(26(31-28)39-46(10,11)12)29-20-33(25)27-24(38-45(7,8)9)23(37-44(4,5)6)21(36-27)19-35-42(34,40-47(13,14)15)41-48(16,17)18/h20-21,23-24,27H,19H2,1-18H3,(H,30,31,32). The zero-order valence-electron chi connectivity index (χ0n) is 32.6. The number of fused-ring (bicyclic) bond motifs is 1. The van der Waals surface area contributed by atoms with Crippen molar-refractivity contribution in [2.75, 3.05) is 11.6 Å². The van der Waals surface area contributed by atoms with Gasteiger partial charge in [0, 0.05) is 0 Å². The van der Waals surface area contributed by atoms with E-state index in [2.05, 4.69) is 83.5 Å². The Hall–Kier alpha value is -0.559. The van der Waals surface area contributed by atoms with Crippen LogP contribution in [0.5, 0.6) is 5.88 Å². The lowest BCUT2D eigenvalue weighted by Crippen LogP contribution is -2.48. The SMILES string of the molecule is C[Si](C)(C)Nc1nc(O[Si](C)(C)C)c2ncn(C3OC(COP(=O)(O[Si](C)(C)C)O[Si](C)(C)C)C(O[Si](C)(C)C)C3O[Si](C)(C)C)c2n1. The number of nitrogens with zero attached hydrogens (tertiary/aromatic N) is 4. The fraction of sp³-hybridized carbons (Fsp3) is 0.821. The predicted molar refractivity (Wildman–Crippen MR) is 209 cm³/mol. The molecule has 1 fully saturated rings. The molecule has 276 valence electrons. The molecule has 0 aliphatic carbocycles. The Labute approximate surface area is 294 Å². The molecule has 0 bridgehead atoms. The van der Waals surface area contributed by atoms with Gasteiger partial charge in [-0.15, -0.1) is 0 Å². The molecule has 20 heteroatoms. The van der Waals surface area contributed by atoms with Gasteiger partial charge in [0.2, 0.25) is 20.1 Å². The maximum absolute atomic E-state index is 14.1. The van der Waals surface area contributed by atoms with Crippen LogP contribution in [-0.2, 0) is 31.1 Å². The zero-order valence-corrected chi connectivity index (χ0v) is 39.5. The van der Waals surface area contributed by atoms with E-state index in [0.29, 0.717) is 23.0 Å². The molecule has 4 atom stereocenters. The van der Waals surface area contributed by atoms with Crippen LogP contribution in [-0.4, -0.2) is 94.3 Å². The van der Waals surface area contributed by atoms with Crippen molar-refractivity contribution in [3.63, 3.8) is 0 Å². The van der Waals surface area contributed by atoms with Gasteiger partial charge in [-0.25, -0.2) is 9.55 Å². The molecule has 3 heterocycles. The number of hydrogen-bond donors (Lipinski definition) is 1. The molecule has 3 rings (SSSR count). The van der Waals surface area contributed by atoms with Crippen LogP contribution >= 0.6 is 7.82 Å². The Morgan fingerprint density at radius 2 is 1.27 bits per heavy atom. The fourth-order valence-electron chi connectivity index (χ4n) is 4.89. The first-order chi connectivity index (χ1) is 21.3. The maximum Gasteiger partial charge on any atom is 0.455 e. The molecule has 13 nitrogen and oxygen atoms in total. The summed E-state index contributed by atoms with van der Waals surface area (Å²) in [6.45, 7) is 37.4. The minimum atomic E-state index is -3.92. The average molecular weight is 796 g/mol. The summed E-state index contributed by atoms with van der Waals surface area (Å²) in [6.07, 6.45) is -0.682. The normalized spacial score (nSPS) is 22.0. The van der Waals surface area contributed by atoms with E-state index in [0.717, 1.165) is 0 Å². The molecular weight excluding hydrogens is 734 g/mol. The van der Waals surface area contributed by atoms with Gasteiger partial charge in [0.1, 0.15) is 26.5 Å². The molecule has 2 aromatic rings. The molecule has 1 N–H and O–H groups in total. The Morgan fingerprint density at radius 3 is 1.73 bits per heavy atom. The number of phosphoric acid groups is 1. The Bertz CT molecular complexity index is 1440. The third-order valence-electron chi connectivity index (χ3n) is 5.99. The minimum Gasteiger partial charge on any atom is -0.530 e. The lowest BCUT2D eigenvalue weighted by atomic mass is 10.1. The molecule has 2 aromatic heterocycles. The number of anilines is 1. The monoisotopic (exact) mass is 795 g/mol. The Morgan fingerprint density at radius 1 is 0.750 bits per heavy atom. The van der Waals surface area contributed by atoms with E-state index >= 15 is 0 Å². The summed E-state index contributed by atoms with van der Waals surface area (Å²) in [4.78, 5) is 18.0. The van der Waals surface area contributed by atoms with Gasteiger partial charge in [-0.05, 0) is 98.2 Å². The lowest BCUT2D eigenvalue weighted by Gasteiger charge is -2.35. The van der Waals surface area contributed by atoms with Gasteiger partial charge in [0.05, 0.1) is 12.9 Å². The molecule has 0 saturated carbocycles. The van der Waals surface area contributed by atoms with Crippen molar-refractivity contribution in [1.82, 2.24) is 19.5 Å². The second-order valence-electron chi connectivity index (χ2n) is 18.4. The molecule has 4 unspecified atom stereocenters. The summed E-state index contributed by atoms with van der Waals surface area (Å²) in [7, 11) is -16.8. The van der Waals surface area contributed by atoms with Gasteiger partial charge in [-0.1, -0.05) is 19.6 Å². The second-order valence-corrected chi connectivity index (χ2v) is 47.5. The topological polar surface area (TPSA) is 137 Å². The highest BCUT2D eigenvalue weighted by Gasteiger charge is 2.52. The molecular formula is C28H62N5O8PSi6. The van der Waals surface area contributed by atoms with Crippen LogP contribution in [0.15, 0.2) is 6.33 Å². The zero-order chi connectivity index (χ0) is 36.9. The molecule has 1 saturated heterocycles. The number of nitrogens with one attached hydrogen (secondary N) is 1. The first-order valence-corrected chi connectivity index (χ1v) is 38.7. The summed E-state index contributed by atoms with van der Waals surface area (Å²) in [6, 6.07) is 0. The second kappa shape index (κ2) is 14.5. The Kier molecular flexibility index (Phi) is 12.6. The van der Waals surface area contributed by atoms with Crippen molar-refractivity contribution >= 4 is 74.8 Å². The third kappa shape index (κ3) is 13.2. The predicted octanol–water partition coefficient (Wildman–Crippen LogP) is 8.45. The summed E-state index contributed by atoms with van der Waals surface area (Å²) in [5.74, 6) is 0.932. The highest BCUT2D eigenvalue weighted by molar-refractivity contribution is 7.52. The van der Waals surface area contributed by atoms with Crippen molar-refractivity contribution < 1.29 is 35.5 Å². The van der Waals surface area contributed by atoms with Gasteiger partial charge >= 0.3 is 7.82 Å². The van der Waals surface area contributed by atoms with E-state index < -0.39 is 82.2 Å². The van der Waals surface area contributed by atoms with Crippen molar-refractivity contribution in [2.45, 2.75) is 142 Å². The third-order valence-corrected chi connectivity index (χ3v) is 16.4. The molecule has 0 radical (unpaired) electrons. The molecule has 0 amide bonds. The summed E-state index contributed by atoms with van der Waals surface area (Å²) < 4.78 is 61.4. The number of aromatic nitrogens is 4. The number of rotatable bonds is 16. The van der Waals surface area contributed by atoms with E-state index in [1.807, 2.05) is 43.8 Å². The Balaban J connectivity index is 2.17. The summed E-state index contributed by atoms with van der Waals surface area (Å²) in [5, 5.41) is 0. The van der Waals surface area contributed by atoms with Crippen LogP contribution in [0.1, 0.15) is 6.23 Å². The van der Waals surface area contributed by atoms with Crippen molar-refractivity contribution in [3.8, 4) is 5.88 Å². The van der Waals surface area contributed by atoms with Crippen molar-refractivity contribution in [2.24, 2.45) is 0 Å². The summed E-state index contributed by atoms with van der Waals surface area (Å²) in [5.41, 5.74) is 1.11. The van der Waals surface area contributed by atoms with Gasteiger partial charge in [-0.2, -0.15) is 9.97 Å². The molecule has 1 aliphatic rings. The largest absolute Gasteiger partial charge is 0.530 e. The van der Waals surface area contributed by atoms with Crippen LogP contribution in [0.4, 0.5) is 5.95 Å². The minimum absolute atomic E-state index is 0.0720. The van der Waals surface area contributed by atoms with Crippen molar-refractivity contribution in [1.29, 1.82) is 0 Å². The van der Waals surface area contributed by atoms with E-state index in [1.54, 1.807) is 6.33 Å². The van der Waals surface area contributed by atoms with Crippen LogP contribution in [0, 0.1) is 0 Å². The van der Waals surface area contributed by atoms with Gasteiger partial charge in [-0.3, -0.25) is 9.09 Å². The average Bonchev–Trinajstić information content (AvgIpc) is 3.32. The fourth-order valence-corrected chi connectivity index (χ4v) is 15.2. The molecule has 1 aliphatic heterocycles. The van der Waals surface area contributed by atoms with Crippen LogP contribution < -0.4 is 9.41 Å². The molecule has 48 heavy (non-hydrogen) atoms. The van der Waals surface area contributed by atoms with Crippen LogP contribution in [0.25, 0.3) is 11.2 Å². The first-order valence-electron chi connectivity index (χ1n) is 16.7. The highest BCUT2D eigenvalue weighted by atomic mass is 31.2. The quantitative estimate of drug-likeness (QED) is 0.129. The van der Waals surface area contributed by atoms with Gasteiger partial charge < -0.3 is 31.4 Å². The highest BCUT2D eigenvalue weighted by Crippen LogP contribution is 2.54. The van der Waals surface area contributed by atoms with Crippen LogP contribution in [0.3, 0.4) is 0 Å². The summed E-state index contributed by atoms with van der Waals surface area (Å²) >= 11 is 0. The van der Waals surface area contributed by atoms with Gasteiger partial charge in [0.25, 0.3) is 0 Å². The van der Waals surface area contributed by atoms with Gasteiger partial charge in [0.15, 0.2) is 50.7 Å². The van der Waals surface area contributed by atoms with E-state index in [1.165, 1.54) is 0 Å². The smallest absolute Gasteiger partial charge is 0.455 e. The molecule has 0 aromatic carbocycles. The number of imidazole rings is 1.